The van der Waals surface area contributed by atoms with Crippen molar-refractivity contribution >= 4 is 10.0 Å². The minimum atomic E-state index is -3.49. The number of nitrogens with zero attached hydrogens (tertiary/aromatic N) is 1. The Hall–Kier alpha value is -1.11. The van der Waals surface area contributed by atoms with Crippen LogP contribution in [0.5, 0.6) is 5.75 Å². The van der Waals surface area contributed by atoms with Crippen LogP contribution in [0, 0.1) is 5.92 Å². The maximum Gasteiger partial charge on any atom is 0.240 e. The van der Waals surface area contributed by atoms with E-state index in [-0.39, 0.29) is 10.9 Å². The number of ether oxygens (including phenoxy) is 1. The molecule has 0 bridgehead atoms. The highest BCUT2D eigenvalue weighted by Gasteiger charge is 2.25. The molecule has 1 fully saturated rings. The molecule has 1 aliphatic rings. The zero-order valence-electron chi connectivity index (χ0n) is 15.0. The second kappa shape index (κ2) is 8.83. The Labute approximate surface area is 146 Å². The molecule has 0 radical (unpaired) electrons. The van der Waals surface area contributed by atoms with Crippen LogP contribution in [0.4, 0.5) is 0 Å². The molecular weight excluding hydrogens is 324 g/mol. The topological polar surface area (TPSA) is 58.6 Å². The van der Waals surface area contributed by atoms with E-state index in [1.165, 1.54) is 19.3 Å². The first kappa shape index (κ1) is 19.2. The van der Waals surface area contributed by atoms with Crippen molar-refractivity contribution in [3.05, 3.63) is 24.3 Å². The van der Waals surface area contributed by atoms with Gasteiger partial charge in [0.2, 0.25) is 10.0 Å². The second-order valence-electron chi connectivity index (χ2n) is 6.66. The second-order valence-corrected chi connectivity index (χ2v) is 8.43. The fraction of sp³-hybridized carbons (Fsp3) is 0.667. The van der Waals surface area contributed by atoms with Crippen molar-refractivity contribution in [1.82, 2.24) is 9.62 Å². The van der Waals surface area contributed by atoms with E-state index in [4.69, 9.17) is 4.74 Å². The van der Waals surface area contributed by atoms with Crippen LogP contribution in [0.15, 0.2) is 29.2 Å². The van der Waals surface area contributed by atoms with Crippen molar-refractivity contribution in [2.24, 2.45) is 5.92 Å². The molecule has 1 heterocycles. The zero-order valence-corrected chi connectivity index (χ0v) is 15.8. The van der Waals surface area contributed by atoms with Crippen LogP contribution >= 0.6 is 0 Å². The largest absolute Gasteiger partial charge is 0.494 e. The molecule has 1 aliphatic heterocycles. The Morgan fingerprint density at radius 1 is 1.12 bits per heavy atom. The number of hydrogen-bond acceptors (Lipinski definition) is 4. The minimum absolute atomic E-state index is 0.239. The first-order valence-electron chi connectivity index (χ1n) is 8.90. The van der Waals surface area contributed by atoms with Gasteiger partial charge in [0.05, 0.1) is 11.5 Å². The zero-order chi connectivity index (χ0) is 17.6. The molecule has 1 saturated heterocycles. The van der Waals surface area contributed by atoms with Gasteiger partial charge < -0.3 is 4.74 Å². The molecule has 24 heavy (non-hydrogen) atoms. The van der Waals surface area contributed by atoms with Crippen molar-refractivity contribution in [3.8, 4) is 5.75 Å². The molecule has 0 amide bonds. The van der Waals surface area contributed by atoms with Crippen LogP contribution < -0.4 is 9.46 Å². The number of likely N-dealkylation sites (tertiary alicyclic amines) is 1. The number of nitrogens with one attached hydrogen (secondary N) is 1. The summed E-state index contributed by atoms with van der Waals surface area (Å²) in [6.45, 7) is 9.36. The first-order chi connectivity index (χ1) is 11.4. The molecular formula is C18H30N2O3S. The van der Waals surface area contributed by atoms with Crippen LogP contribution in [-0.4, -0.2) is 45.6 Å². The molecule has 5 nitrogen and oxygen atoms in total. The van der Waals surface area contributed by atoms with Gasteiger partial charge in [-0.2, -0.15) is 0 Å². The van der Waals surface area contributed by atoms with E-state index in [0.717, 1.165) is 13.1 Å². The molecule has 0 spiro atoms. The van der Waals surface area contributed by atoms with Gasteiger partial charge in [0.25, 0.3) is 0 Å². The summed E-state index contributed by atoms with van der Waals surface area (Å²) < 4.78 is 33.2. The standard InChI is InChI=1S/C18H30N2O3S/c1-4-23-16-8-10-17(11-9-16)24(21,22)19-14-18(15(2)3)20-12-6-5-7-13-20/h8-11,15,18-19H,4-7,12-14H2,1-3H3. The van der Waals surface area contributed by atoms with E-state index >= 15 is 0 Å². The van der Waals surface area contributed by atoms with Gasteiger partial charge in [-0.3, -0.25) is 4.90 Å². The first-order valence-corrected chi connectivity index (χ1v) is 10.4. The molecule has 1 aromatic rings. The van der Waals surface area contributed by atoms with Gasteiger partial charge in [0, 0.05) is 12.6 Å². The Balaban J connectivity index is 2.01. The van der Waals surface area contributed by atoms with Gasteiger partial charge in [0.1, 0.15) is 5.75 Å². The molecule has 0 saturated carbocycles. The van der Waals surface area contributed by atoms with Crippen molar-refractivity contribution < 1.29 is 13.2 Å². The van der Waals surface area contributed by atoms with E-state index in [1.807, 2.05) is 6.92 Å². The summed E-state index contributed by atoms with van der Waals surface area (Å²) in [6, 6.07) is 6.82. The van der Waals surface area contributed by atoms with Gasteiger partial charge in [-0.05, 0) is 63.0 Å². The summed E-state index contributed by atoms with van der Waals surface area (Å²) in [7, 11) is -3.49. The lowest BCUT2D eigenvalue weighted by molar-refractivity contribution is 0.130. The summed E-state index contributed by atoms with van der Waals surface area (Å²) in [5, 5.41) is 0. The van der Waals surface area contributed by atoms with Crippen molar-refractivity contribution in [2.75, 3.05) is 26.2 Å². The van der Waals surface area contributed by atoms with E-state index in [1.54, 1.807) is 24.3 Å². The predicted octanol–water partition coefficient (Wildman–Crippen LogP) is 2.87. The average molecular weight is 355 g/mol. The SMILES string of the molecule is CCOc1ccc(S(=O)(=O)NCC(C(C)C)N2CCCCC2)cc1. The number of sulfonamides is 1. The normalized spacial score (nSPS) is 17.8. The number of piperidine rings is 1. The maximum atomic E-state index is 12.5. The Morgan fingerprint density at radius 2 is 1.75 bits per heavy atom. The lowest BCUT2D eigenvalue weighted by atomic mass is 9.99. The number of rotatable bonds is 8. The summed E-state index contributed by atoms with van der Waals surface area (Å²) in [5.74, 6) is 1.09. The third-order valence-electron chi connectivity index (χ3n) is 4.56. The Kier molecular flexibility index (Phi) is 7.07. The summed E-state index contributed by atoms with van der Waals surface area (Å²) in [6.07, 6.45) is 3.68. The Morgan fingerprint density at radius 3 is 2.29 bits per heavy atom. The lowest BCUT2D eigenvalue weighted by Gasteiger charge is -2.37. The molecule has 0 aromatic heterocycles. The molecule has 0 aliphatic carbocycles. The molecule has 6 heteroatoms. The lowest BCUT2D eigenvalue weighted by Crippen LogP contribution is -2.48. The fourth-order valence-electron chi connectivity index (χ4n) is 3.20. The summed E-state index contributed by atoms with van der Waals surface area (Å²) >= 11 is 0. The average Bonchev–Trinajstić information content (AvgIpc) is 2.56. The Bertz CT molecular complexity index is 593. The third kappa shape index (κ3) is 5.19. The van der Waals surface area contributed by atoms with E-state index < -0.39 is 10.0 Å². The van der Waals surface area contributed by atoms with Crippen molar-refractivity contribution in [3.63, 3.8) is 0 Å². The van der Waals surface area contributed by atoms with Crippen molar-refractivity contribution in [2.45, 2.75) is 51.0 Å². The van der Waals surface area contributed by atoms with Gasteiger partial charge in [0.15, 0.2) is 0 Å². The number of hydrogen-bond donors (Lipinski definition) is 1. The maximum absolute atomic E-state index is 12.5. The molecule has 1 atom stereocenters. The van der Waals surface area contributed by atoms with Gasteiger partial charge in [-0.1, -0.05) is 20.3 Å². The smallest absolute Gasteiger partial charge is 0.240 e. The highest BCUT2D eigenvalue weighted by molar-refractivity contribution is 7.89. The van der Waals surface area contributed by atoms with Gasteiger partial charge in [-0.15, -0.1) is 0 Å². The third-order valence-corrected chi connectivity index (χ3v) is 6.00. The minimum Gasteiger partial charge on any atom is -0.494 e. The molecule has 1 aromatic carbocycles. The van der Waals surface area contributed by atoms with Gasteiger partial charge >= 0.3 is 0 Å². The molecule has 1 unspecified atom stereocenters. The summed E-state index contributed by atoms with van der Waals surface area (Å²) in [4.78, 5) is 2.71. The quantitative estimate of drug-likeness (QED) is 0.780. The van der Waals surface area contributed by atoms with Crippen LogP contribution in [0.3, 0.4) is 0 Å². The monoisotopic (exact) mass is 354 g/mol. The van der Waals surface area contributed by atoms with E-state index in [2.05, 4.69) is 23.5 Å². The highest BCUT2D eigenvalue weighted by Crippen LogP contribution is 2.19. The molecule has 2 rings (SSSR count). The van der Waals surface area contributed by atoms with E-state index in [0.29, 0.717) is 24.8 Å². The predicted molar refractivity (Wildman–Crippen MR) is 96.8 cm³/mol. The van der Waals surface area contributed by atoms with Crippen LogP contribution in [0.1, 0.15) is 40.0 Å². The van der Waals surface area contributed by atoms with Crippen LogP contribution in [0.25, 0.3) is 0 Å². The highest BCUT2D eigenvalue weighted by atomic mass is 32.2. The molecule has 1 N–H and O–H groups in total. The fourth-order valence-corrected chi connectivity index (χ4v) is 4.25. The van der Waals surface area contributed by atoms with Crippen LogP contribution in [0.2, 0.25) is 0 Å². The van der Waals surface area contributed by atoms with Crippen molar-refractivity contribution in [1.29, 1.82) is 0 Å². The molecule has 136 valence electrons. The number of benzene rings is 1. The van der Waals surface area contributed by atoms with Crippen LogP contribution in [-0.2, 0) is 10.0 Å². The van der Waals surface area contributed by atoms with Gasteiger partial charge in [-0.25, -0.2) is 13.1 Å². The summed E-state index contributed by atoms with van der Waals surface area (Å²) in [5.41, 5.74) is 0. The van der Waals surface area contributed by atoms with E-state index in [9.17, 15) is 8.42 Å².